The summed E-state index contributed by atoms with van der Waals surface area (Å²) in [4.78, 5) is 51.6. The van der Waals surface area contributed by atoms with Crippen LogP contribution >= 0.6 is 23.2 Å². The van der Waals surface area contributed by atoms with Crippen LogP contribution in [0.3, 0.4) is 0 Å². The average molecular weight is 578 g/mol. The molecule has 4 aliphatic rings. The quantitative estimate of drug-likeness (QED) is 0.173. The van der Waals surface area contributed by atoms with Gasteiger partial charge in [0.25, 0.3) is 0 Å². The first kappa shape index (κ1) is 26.5. The number of hydrogen-bond acceptors (Lipinski definition) is 6. The number of esters is 1. The average Bonchev–Trinajstić information content (AvgIpc) is 3.24. The molecule has 1 aliphatic heterocycles. The maximum atomic E-state index is 13.8. The van der Waals surface area contributed by atoms with Gasteiger partial charge in [0.05, 0.1) is 25.4 Å². The Bertz CT molecular complexity index is 1450. The highest BCUT2D eigenvalue weighted by Gasteiger charge is 2.72. The largest absolute Gasteiger partial charge is 0.497 e. The molecule has 0 spiro atoms. The molecular weight excluding hydrogens is 553 g/mol. The number of carbonyl (C=O) groups excluding carboxylic acids is 4. The second kappa shape index (κ2) is 9.46. The Balaban J connectivity index is 1.22. The van der Waals surface area contributed by atoms with Crippen LogP contribution < -0.4 is 4.74 Å². The third kappa shape index (κ3) is 3.57. The molecular formula is C31H25Cl2NO6. The minimum atomic E-state index is -1.28. The second-order valence-electron chi connectivity index (χ2n) is 10.3. The van der Waals surface area contributed by atoms with E-state index in [1.54, 1.807) is 24.3 Å². The first-order valence-electron chi connectivity index (χ1n) is 12.9. The molecule has 0 aromatic heterocycles. The number of ether oxygens (including phenoxy) is 2. The van der Waals surface area contributed by atoms with Crippen LogP contribution in [0, 0.1) is 11.8 Å². The summed E-state index contributed by atoms with van der Waals surface area (Å²) in [6, 6.07) is 21.2. The fraction of sp³-hybridized carbons (Fsp3) is 0.290. The number of halogens is 2. The summed E-state index contributed by atoms with van der Waals surface area (Å²) in [7, 11) is 1.52. The van der Waals surface area contributed by atoms with E-state index in [0.29, 0.717) is 33.6 Å². The number of nitrogens with zero attached hydrogens (tertiary/aromatic N) is 1. The van der Waals surface area contributed by atoms with E-state index in [2.05, 4.69) is 0 Å². The SMILES string of the molecule is COc1ccc(C(=O)[C@H](C)OC(=O)CCN2C(=O)[C@@H]3[C@H](C2=O)C2(Cl)c4ccccc4C3(Cl)c3ccccc32)cc1. The number of hydrogen-bond donors (Lipinski definition) is 0. The Morgan fingerprint density at radius 2 is 1.27 bits per heavy atom. The van der Waals surface area contributed by atoms with Gasteiger partial charge in [0.1, 0.15) is 15.5 Å². The Morgan fingerprint density at radius 1 is 0.825 bits per heavy atom. The smallest absolute Gasteiger partial charge is 0.308 e. The summed E-state index contributed by atoms with van der Waals surface area (Å²) in [5.41, 5.74) is 3.20. The lowest BCUT2D eigenvalue weighted by molar-refractivity contribution is -0.148. The molecule has 0 N–H and O–H groups in total. The summed E-state index contributed by atoms with van der Waals surface area (Å²) in [6.07, 6.45) is -1.33. The number of alkyl halides is 2. The van der Waals surface area contributed by atoms with Crippen molar-refractivity contribution in [1.29, 1.82) is 0 Å². The van der Waals surface area contributed by atoms with Crippen LogP contribution in [0.2, 0.25) is 0 Å². The van der Waals surface area contributed by atoms with Crippen molar-refractivity contribution < 1.29 is 28.7 Å². The molecule has 1 heterocycles. The summed E-state index contributed by atoms with van der Waals surface area (Å²) in [5, 5.41) is 0. The molecule has 3 aromatic carbocycles. The van der Waals surface area contributed by atoms with Gasteiger partial charge in [0.15, 0.2) is 6.10 Å². The minimum absolute atomic E-state index is 0.209. The molecule has 7 rings (SSSR count). The molecule has 204 valence electrons. The van der Waals surface area contributed by atoms with Crippen molar-refractivity contribution in [1.82, 2.24) is 4.90 Å². The third-order valence-electron chi connectivity index (χ3n) is 8.27. The van der Waals surface area contributed by atoms with E-state index >= 15 is 0 Å². The Morgan fingerprint density at radius 3 is 1.70 bits per heavy atom. The van der Waals surface area contributed by atoms with Crippen LogP contribution in [0.25, 0.3) is 0 Å². The first-order chi connectivity index (χ1) is 19.1. The summed E-state index contributed by atoms with van der Waals surface area (Å²) >= 11 is 14.8. The van der Waals surface area contributed by atoms with Crippen molar-refractivity contribution in [3.8, 4) is 5.75 Å². The second-order valence-corrected chi connectivity index (χ2v) is 11.5. The number of benzene rings is 3. The normalized spacial score (nSPS) is 26.6. The Hall–Kier alpha value is -3.68. The number of ketones is 1. The molecule has 3 aliphatic carbocycles. The van der Waals surface area contributed by atoms with Crippen molar-refractivity contribution >= 4 is 46.8 Å². The highest BCUT2D eigenvalue weighted by atomic mass is 35.5. The van der Waals surface area contributed by atoms with Crippen molar-refractivity contribution in [3.05, 3.63) is 101 Å². The van der Waals surface area contributed by atoms with Crippen molar-refractivity contribution in [2.75, 3.05) is 13.7 Å². The molecule has 0 unspecified atom stereocenters. The van der Waals surface area contributed by atoms with Gasteiger partial charge < -0.3 is 9.47 Å². The Labute approximate surface area is 241 Å². The molecule has 0 saturated carbocycles. The lowest BCUT2D eigenvalue weighted by atomic mass is 9.54. The van der Waals surface area contributed by atoms with Gasteiger partial charge in [0.2, 0.25) is 17.6 Å². The fourth-order valence-corrected chi connectivity index (χ4v) is 7.55. The molecule has 1 saturated heterocycles. The number of rotatable bonds is 7. The number of methoxy groups -OCH3 is 1. The summed E-state index contributed by atoms with van der Waals surface area (Å²) in [6.45, 7) is 1.27. The van der Waals surface area contributed by atoms with Gasteiger partial charge in [-0.2, -0.15) is 0 Å². The van der Waals surface area contributed by atoms with Crippen LogP contribution in [0.4, 0.5) is 0 Å². The number of carbonyl (C=O) groups is 4. The van der Waals surface area contributed by atoms with Gasteiger partial charge in [-0.3, -0.25) is 24.1 Å². The summed E-state index contributed by atoms with van der Waals surface area (Å²) in [5.74, 6) is -3.32. The fourth-order valence-electron chi connectivity index (χ4n) is 6.45. The lowest BCUT2D eigenvalue weighted by Gasteiger charge is -2.54. The van der Waals surface area contributed by atoms with Crippen LogP contribution in [0.5, 0.6) is 5.75 Å². The first-order valence-corrected chi connectivity index (χ1v) is 13.7. The van der Waals surface area contributed by atoms with Crippen molar-refractivity contribution in [3.63, 3.8) is 0 Å². The molecule has 9 heteroatoms. The van der Waals surface area contributed by atoms with Crippen LogP contribution in [0.1, 0.15) is 46.0 Å². The molecule has 2 bridgehead atoms. The molecule has 0 radical (unpaired) electrons. The predicted molar refractivity (Wildman–Crippen MR) is 147 cm³/mol. The lowest BCUT2D eigenvalue weighted by Crippen LogP contribution is -2.57. The minimum Gasteiger partial charge on any atom is -0.497 e. The van der Waals surface area contributed by atoms with Crippen molar-refractivity contribution in [2.45, 2.75) is 29.2 Å². The van der Waals surface area contributed by atoms with E-state index in [9.17, 15) is 19.2 Å². The van der Waals surface area contributed by atoms with Gasteiger partial charge in [-0.15, -0.1) is 23.2 Å². The van der Waals surface area contributed by atoms with Gasteiger partial charge in [-0.25, -0.2) is 0 Å². The van der Waals surface area contributed by atoms with Gasteiger partial charge >= 0.3 is 5.97 Å². The predicted octanol–water partition coefficient (Wildman–Crippen LogP) is 4.79. The van der Waals surface area contributed by atoms with Crippen LogP contribution in [-0.4, -0.2) is 48.2 Å². The van der Waals surface area contributed by atoms with E-state index in [1.807, 2.05) is 48.5 Å². The standard InChI is InChI=1S/C31H25Cl2NO6/c1-17(27(36)18-11-13-19(39-2)14-12-18)40-24(35)15-16-34-28(37)25-26(29(34)38)31(33)21-8-4-3-7-20(21)30(25,32)22-9-5-6-10-23(22)31/h3-14,17,25-26H,15-16H2,1-2H3/t17-,25-,26+,30?,31?/m0/s1. The zero-order valence-corrected chi connectivity index (χ0v) is 23.2. The molecule has 3 atom stereocenters. The molecule has 3 aromatic rings. The topological polar surface area (TPSA) is 90.0 Å². The van der Waals surface area contributed by atoms with Gasteiger partial charge in [-0.1, -0.05) is 48.5 Å². The molecule has 1 fully saturated rings. The maximum Gasteiger partial charge on any atom is 0.308 e. The molecule has 2 amide bonds. The Kier molecular flexibility index (Phi) is 6.28. The summed E-state index contributed by atoms with van der Waals surface area (Å²) < 4.78 is 10.4. The molecule has 7 nitrogen and oxygen atoms in total. The van der Waals surface area contributed by atoms with Crippen LogP contribution in [-0.2, 0) is 28.9 Å². The molecule has 40 heavy (non-hydrogen) atoms. The van der Waals surface area contributed by atoms with E-state index in [-0.39, 0.29) is 18.7 Å². The van der Waals surface area contributed by atoms with E-state index in [4.69, 9.17) is 32.7 Å². The number of amides is 2. The third-order valence-corrected chi connectivity index (χ3v) is 9.55. The van der Waals surface area contributed by atoms with E-state index < -0.39 is 45.5 Å². The highest BCUT2D eigenvalue weighted by Crippen LogP contribution is 2.69. The number of Topliss-reactive ketones (excluding diaryl/α,β-unsaturated/α-hetero) is 1. The van der Waals surface area contributed by atoms with Crippen LogP contribution in [0.15, 0.2) is 72.8 Å². The van der Waals surface area contributed by atoms with Crippen molar-refractivity contribution in [2.24, 2.45) is 11.8 Å². The monoisotopic (exact) mass is 577 g/mol. The van der Waals surface area contributed by atoms with Gasteiger partial charge in [-0.05, 0) is 53.4 Å². The van der Waals surface area contributed by atoms with E-state index in [0.717, 1.165) is 4.90 Å². The maximum absolute atomic E-state index is 13.8. The number of likely N-dealkylation sites (tertiary alicyclic amines) is 1. The van der Waals surface area contributed by atoms with E-state index in [1.165, 1.54) is 14.0 Å². The van der Waals surface area contributed by atoms with Gasteiger partial charge in [0, 0.05) is 12.1 Å². The number of imide groups is 1. The zero-order chi connectivity index (χ0) is 28.4. The highest BCUT2D eigenvalue weighted by molar-refractivity contribution is 6.36. The zero-order valence-electron chi connectivity index (χ0n) is 21.7.